The second-order valence-corrected chi connectivity index (χ2v) is 5.38. The average molecular weight is 264 g/mol. The van der Waals surface area contributed by atoms with Crippen LogP contribution in [0.2, 0.25) is 0 Å². The molecule has 19 heavy (non-hydrogen) atoms. The first-order valence-electron chi connectivity index (χ1n) is 6.71. The predicted molar refractivity (Wildman–Crippen MR) is 72.6 cm³/mol. The van der Waals surface area contributed by atoms with Crippen LogP contribution in [0.5, 0.6) is 0 Å². The summed E-state index contributed by atoms with van der Waals surface area (Å²) in [5, 5.41) is 1.23. The number of fused-ring (bicyclic) bond motifs is 3. The van der Waals surface area contributed by atoms with E-state index in [1.807, 2.05) is 36.9 Å². The van der Waals surface area contributed by atoms with Gasteiger partial charge in [0.15, 0.2) is 0 Å². The molecule has 0 bridgehead atoms. The summed E-state index contributed by atoms with van der Waals surface area (Å²) in [6.07, 6.45) is -1.45. The molecule has 2 aromatic rings. The van der Waals surface area contributed by atoms with E-state index in [0.717, 1.165) is 17.6 Å². The minimum Gasteiger partial charge on any atom is -0.357 e. The maximum atomic E-state index is 12.7. The van der Waals surface area contributed by atoms with Crippen molar-refractivity contribution in [3.8, 4) is 0 Å². The number of alkyl halides is 2. The number of nitrogens with one attached hydrogen (secondary N) is 1. The molecule has 1 aromatic heterocycles. The van der Waals surface area contributed by atoms with Crippen molar-refractivity contribution in [2.75, 3.05) is 6.54 Å². The molecule has 0 unspecified atom stereocenters. The van der Waals surface area contributed by atoms with Crippen molar-refractivity contribution in [3.05, 3.63) is 35.5 Å². The molecule has 3 rings (SSSR count). The normalized spacial score (nSPS) is 24.1. The van der Waals surface area contributed by atoms with Crippen LogP contribution in [-0.4, -0.2) is 28.9 Å². The third-order valence-electron chi connectivity index (χ3n) is 4.18. The van der Waals surface area contributed by atoms with Crippen molar-refractivity contribution in [1.29, 1.82) is 0 Å². The summed E-state index contributed by atoms with van der Waals surface area (Å²) in [6, 6.07) is 8.33. The summed E-state index contributed by atoms with van der Waals surface area (Å²) in [6.45, 7) is 3.88. The quantitative estimate of drug-likeness (QED) is 0.875. The Kier molecular flexibility index (Phi) is 3.05. The predicted octanol–water partition coefficient (Wildman–Crippen LogP) is 3.74. The van der Waals surface area contributed by atoms with Gasteiger partial charge in [0.05, 0.1) is 6.54 Å². The zero-order chi connectivity index (χ0) is 13.6. The maximum absolute atomic E-state index is 12.7. The molecule has 0 saturated heterocycles. The van der Waals surface area contributed by atoms with E-state index in [1.165, 1.54) is 10.9 Å². The van der Waals surface area contributed by atoms with Gasteiger partial charge < -0.3 is 4.98 Å². The number of aromatic nitrogens is 1. The largest absolute Gasteiger partial charge is 0.357 e. The van der Waals surface area contributed by atoms with E-state index < -0.39 is 6.43 Å². The van der Waals surface area contributed by atoms with E-state index in [1.54, 1.807) is 0 Å². The van der Waals surface area contributed by atoms with Crippen LogP contribution in [0.15, 0.2) is 24.3 Å². The van der Waals surface area contributed by atoms with Crippen molar-refractivity contribution in [2.45, 2.75) is 38.8 Å². The van der Waals surface area contributed by atoms with Crippen molar-refractivity contribution < 1.29 is 8.78 Å². The van der Waals surface area contributed by atoms with Crippen LogP contribution in [-0.2, 0) is 6.42 Å². The molecule has 2 nitrogen and oxygen atoms in total. The van der Waals surface area contributed by atoms with Crippen molar-refractivity contribution >= 4 is 10.9 Å². The fraction of sp³-hybridized carbons (Fsp3) is 0.467. The number of halogens is 2. The standard InChI is InChI=1S/C15H18F2N2/c1-9-7-12-11-5-3-4-6-13(11)18-15(12)10(2)19(9)8-14(16)17/h3-6,9-10,14,18H,7-8H2,1-2H3/t9-,10+/m1/s1. The molecule has 1 aromatic carbocycles. The van der Waals surface area contributed by atoms with E-state index in [4.69, 9.17) is 0 Å². The second-order valence-electron chi connectivity index (χ2n) is 5.38. The molecule has 0 radical (unpaired) electrons. The van der Waals surface area contributed by atoms with E-state index in [0.29, 0.717) is 0 Å². The average Bonchev–Trinajstić information content (AvgIpc) is 2.73. The zero-order valence-electron chi connectivity index (χ0n) is 11.2. The van der Waals surface area contributed by atoms with Gasteiger partial charge in [-0.15, -0.1) is 0 Å². The minimum absolute atomic E-state index is 0.0140. The van der Waals surface area contributed by atoms with Crippen LogP contribution in [0.25, 0.3) is 10.9 Å². The van der Waals surface area contributed by atoms with Gasteiger partial charge in [0.25, 0.3) is 6.43 Å². The molecular weight excluding hydrogens is 246 g/mol. The Hall–Kier alpha value is -1.42. The van der Waals surface area contributed by atoms with Gasteiger partial charge in [0, 0.05) is 28.7 Å². The van der Waals surface area contributed by atoms with E-state index in [9.17, 15) is 8.78 Å². The van der Waals surface area contributed by atoms with Crippen LogP contribution in [0.3, 0.4) is 0 Å². The Labute approximate surface area is 111 Å². The molecule has 1 N–H and O–H groups in total. The molecule has 102 valence electrons. The van der Waals surface area contributed by atoms with Gasteiger partial charge >= 0.3 is 0 Å². The fourth-order valence-electron chi connectivity index (χ4n) is 3.26. The Morgan fingerprint density at radius 1 is 1.32 bits per heavy atom. The first-order valence-corrected chi connectivity index (χ1v) is 6.71. The van der Waals surface area contributed by atoms with Crippen molar-refractivity contribution in [1.82, 2.24) is 9.88 Å². The molecular formula is C15H18F2N2. The topological polar surface area (TPSA) is 19.0 Å². The molecule has 0 spiro atoms. The van der Waals surface area contributed by atoms with Crippen LogP contribution in [0, 0.1) is 0 Å². The van der Waals surface area contributed by atoms with Crippen LogP contribution < -0.4 is 0 Å². The van der Waals surface area contributed by atoms with Gasteiger partial charge in [-0.2, -0.15) is 0 Å². The van der Waals surface area contributed by atoms with Gasteiger partial charge in [0.2, 0.25) is 0 Å². The number of H-pyrrole nitrogens is 1. The van der Waals surface area contributed by atoms with Gasteiger partial charge in [-0.3, -0.25) is 4.90 Å². The number of nitrogens with zero attached hydrogens (tertiary/aromatic N) is 1. The third kappa shape index (κ3) is 2.04. The highest BCUT2D eigenvalue weighted by Crippen LogP contribution is 2.36. The van der Waals surface area contributed by atoms with Crippen molar-refractivity contribution in [2.24, 2.45) is 0 Å². The van der Waals surface area contributed by atoms with Gasteiger partial charge in [-0.05, 0) is 31.9 Å². The second kappa shape index (κ2) is 4.60. The lowest BCUT2D eigenvalue weighted by Gasteiger charge is -2.38. The molecule has 1 aliphatic rings. The molecule has 0 amide bonds. The van der Waals surface area contributed by atoms with Crippen molar-refractivity contribution in [3.63, 3.8) is 0 Å². The zero-order valence-corrected chi connectivity index (χ0v) is 11.2. The Balaban J connectivity index is 2.05. The van der Waals surface area contributed by atoms with Gasteiger partial charge in [-0.25, -0.2) is 8.78 Å². The molecule has 0 aliphatic carbocycles. The van der Waals surface area contributed by atoms with Gasteiger partial charge in [-0.1, -0.05) is 18.2 Å². The summed E-state index contributed by atoms with van der Waals surface area (Å²) < 4.78 is 25.4. The van der Waals surface area contributed by atoms with Crippen LogP contribution in [0.4, 0.5) is 8.78 Å². The lowest BCUT2D eigenvalue weighted by atomic mass is 9.93. The monoisotopic (exact) mass is 264 g/mol. The first kappa shape index (κ1) is 12.6. The number of benzene rings is 1. The fourth-order valence-corrected chi connectivity index (χ4v) is 3.26. The Morgan fingerprint density at radius 3 is 2.79 bits per heavy atom. The molecule has 0 fully saturated rings. The summed E-state index contributed by atoms with van der Waals surface area (Å²) >= 11 is 0. The summed E-state index contributed by atoms with van der Waals surface area (Å²) in [4.78, 5) is 5.29. The SMILES string of the molecule is C[C@@H]1Cc2c([nH]c3ccccc23)[C@H](C)N1CC(F)F. The third-order valence-corrected chi connectivity index (χ3v) is 4.18. The lowest BCUT2D eigenvalue weighted by Crippen LogP contribution is -2.43. The Morgan fingerprint density at radius 2 is 2.05 bits per heavy atom. The van der Waals surface area contributed by atoms with Crippen LogP contribution >= 0.6 is 0 Å². The van der Waals surface area contributed by atoms with E-state index in [2.05, 4.69) is 11.1 Å². The lowest BCUT2D eigenvalue weighted by molar-refractivity contribution is 0.0399. The highest BCUT2D eigenvalue weighted by atomic mass is 19.3. The minimum atomic E-state index is -2.28. The summed E-state index contributed by atoms with van der Waals surface area (Å²) in [5.41, 5.74) is 3.49. The number of para-hydroxylation sites is 1. The van der Waals surface area contributed by atoms with E-state index >= 15 is 0 Å². The van der Waals surface area contributed by atoms with E-state index in [-0.39, 0.29) is 18.6 Å². The highest BCUT2D eigenvalue weighted by Gasteiger charge is 2.33. The van der Waals surface area contributed by atoms with Crippen LogP contribution in [0.1, 0.15) is 31.1 Å². The highest BCUT2D eigenvalue weighted by molar-refractivity contribution is 5.85. The molecule has 2 heterocycles. The number of rotatable bonds is 2. The molecule has 2 atom stereocenters. The summed E-state index contributed by atoms with van der Waals surface area (Å²) in [5.74, 6) is 0. The number of hydrogen-bond acceptors (Lipinski definition) is 1. The molecule has 4 heteroatoms. The number of hydrogen-bond donors (Lipinski definition) is 1. The Bertz CT molecular complexity index is 591. The molecule has 0 saturated carbocycles. The number of aromatic amines is 1. The summed E-state index contributed by atoms with van der Waals surface area (Å²) in [7, 11) is 0. The first-order chi connectivity index (χ1) is 9.08. The maximum Gasteiger partial charge on any atom is 0.251 e. The smallest absolute Gasteiger partial charge is 0.251 e. The molecule has 1 aliphatic heterocycles. The van der Waals surface area contributed by atoms with Gasteiger partial charge in [0.1, 0.15) is 0 Å².